The summed E-state index contributed by atoms with van der Waals surface area (Å²) in [4.78, 5) is 36.5. The smallest absolute Gasteiger partial charge is 0.268 e. The predicted octanol–water partition coefficient (Wildman–Crippen LogP) is 5.90. The molecule has 1 aliphatic rings. The molecule has 0 radical (unpaired) electrons. The highest BCUT2D eigenvalue weighted by atomic mass is 79.9. The number of carbonyl (C=O) groups is 2. The van der Waals surface area contributed by atoms with Gasteiger partial charge in [0.1, 0.15) is 5.02 Å². The fourth-order valence-electron chi connectivity index (χ4n) is 2.40. The molecule has 27 heavy (non-hydrogen) atoms. The Morgan fingerprint density at radius 1 is 1.19 bits per heavy atom. The number of rotatable bonds is 4. The van der Waals surface area contributed by atoms with Crippen molar-refractivity contribution < 1.29 is 14.5 Å². The molecule has 1 saturated heterocycles. The Morgan fingerprint density at radius 3 is 2.59 bits per heavy atom. The van der Waals surface area contributed by atoms with Crippen LogP contribution in [0.4, 0.5) is 10.5 Å². The number of imide groups is 1. The maximum absolute atomic E-state index is 12.6. The zero-order valence-electron chi connectivity index (χ0n) is 13.3. The van der Waals surface area contributed by atoms with Crippen LogP contribution >= 0.6 is 50.9 Å². The van der Waals surface area contributed by atoms with Gasteiger partial charge in [-0.3, -0.25) is 24.6 Å². The Bertz CT molecular complexity index is 1010. The maximum Gasteiger partial charge on any atom is 0.293 e. The molecule has 2 amide bonds. The topological polar surface area (TPSA) is 80.5 Å². The number of halogens is 3. The second kappa shape index (κ2) is 8.02. The standard InChI is InChI=1S/C17H9BrCl2N2O4S/c18-11-3-1-2-9(4-11)8-21-16(23)15(27-17(21)24)6-10-5-14(22(25)26)13(20)7-12(10)19/h1-7H,8H2/b15-6-. The minimum absolute atomic E-state index is 0.107. The van der Waals surface area contributed by atoms with Crippen LogP contribution in [0.5, 0.6) is 0 Å². The Morgan fingerprint density at radius 2 is 1.93 bits per heavy atom. The van der Waals surface area contributed by atoms with Crippen molar-refractivity contribution in [2.24, 2.45) is 0 Å². The molecule has 6 nitrogen and oxygen atoms in total. The van der Waals surface area contributed by atoms with Crippen LogP contribution in [-0.4, -0.2) is 21.0 Å². The first kappa shape index (κ1) is 19.9. The second-order valence-electron chi connectivity index (χ2n) is 5.48. The molecule has 3 rings (SSSR count). The molecule has 0 N–H and O–H groups in total. The Balaban J connectivity index is 1.90. The third-order valence-electron chi connectivity index (χ3n) is 3.65. The van der Waals surface area contributed by atoms with Gasteiger partial charge in [0, 0.05) is 21.1 Å². The first-order valence-electron chi connectivity index (χ1n) is 7.39. The lowest BCUT2D eigenvalue weighted by atomic mass is 10.1. The molecule has 2 aromatic carbocycles. The van der Waals surface area contributed by atoms with Crippen LogP contribution in [0.2, 0.25) is 10.0 Å². The summed E-state index contributed by atoms with van der Waals surface area (Å²) in [6.07, 6.45) is 1.36. The maximum atomic E-state index is 12.6. The van der Waals surface area contributed by atoms with E-state index in [1.54, 1.807) is 12.1 Å². The van der Waals surface area contributed by atoms with Crippen LogP contribution in [0, 0.1) is 10.1 Å². The molecule has 0 spiro atoms. The van der Waals surface area contributed by atoms with Crippen LogP contribution in [0.25, 0.3) is 6.08 Å². The predicted molar refractivity (Wildman–Crippen MR) is 109 cm³/mol. The van der Waals surface area contributed by atoms with E-state index in [4.69, 9.17) is 23.2 Å². The molecule has 1 fully saturated rings. The van der Waals surface area contributed by atoms with E-state index in [2.05, 4.69) is 15.9 Å². The summed E-state index contributed by atoms with van der Waals surface area (Å²) in [6, 6.07) is 9.67. The number of hydrogen-bond donors (Lipinski definition) is 0. The molecular formula is C17H9BrCl2N2O4S. The number of nitro groups is 1. The summed E-state index contributed by atoms with van der Waals surface area (Å²) in [5.41, 5.74) is 0.689. The highest BCUT2D eigenvalue weighted by Crippen LogP contribution is 2.37. The molecule has 0 aliphatic carbocycles. The molecule has 0 atom stereocenters. The summed E-state index contributed by atoms with van der Waals surface area (Å²) < 4.78 is 0.836. The Labute approximate surface area is 176 Å². The van der Waals surface area contributed by atoms with Crippen LogP contribution in [-0.2, 0) is 11.3 Å². The van der Waals surface area contributed by atoms with E-state index in [1.165, 1.54) is 18.2 Å². The van der Waals surface area contributed by atoms with E-state index < -0.39 is 16.1 Å². The van der Waals surface area contributed by atoms with Gasteiger partial charge in [0.2, 0.25) is 0 Å². The van der Waals surface area contributed by atoms with Gasteiger partial charge >= 0.3 is 0 Å². The van der Waals surface area contributed by atoms with E-state index in [-0.39, 0.29) is 32.7 Å². The van der Waals surface area contributed by atoms with Crippen molar-refractivity contribution in [1.82, 2.24) is 4.90 Å². The second-order valence-corrected chi connectivity index (χ2v) is 8.20. The third kappa shape index (κ3) is 4.35. The van der Waals surface area contributed by atoms with Gasteiger partial charge in [-0.1, -0.05) is 51.3 Å². The van der Waals surface area contributed by atoms with E-state index in [0.29, 0.717) is 0 Å². The van der Waals surface area contributed by atoms with Crippen molar-refractivity contribution in [2.45, 2.75) is 6.54 Å². The lowest BCUT2D eigenvalue weighted by Gasteiger charge is -2.12. The lowest BCUT2D eigenvalue weighted by molar-refractivity contribution is -0.384. The van der Waals surface area contributed by atoms with Gasteiger partial charge in [0.15, 0.2) is 0 Å². The number of carbonyl (C=O) groups excluding carboxylic acids is 2. The van der Waals surface area contributed by atoms with Gasteiger partial charge in [0.05, 0.1) is 16.4 Å². The van der Waals surface area contributed by atoms with Crippen molar-refractivity contribution >= 4 is 73.8 Å². The quantitative estimate of drug-likeness (QED) is 0.304. The fourth-order valence-corrected chi connectivity index (χ4v) is 4.18. The van der Waals surface area contributed by atoms with Crippen LogP contribution in [0.1, 0.15) is 11.1 Å². The lowest BCUT2D eigenvalue weighted by Crippen LogP contribution is -2.27. The first-order chi connectivity index (χ1) is 12.8. The average molecular weight is 488 g/mol. The largest absolute Gasteiger partial charge is 0.293 e. The van der Waals surface area contributed by atoms with E-state index >= 15 is 0 Å². The molecule has 1 aliphatic heterocycles. The number of hydrogen-bond acceptors (Lipinski definition) is 5. The minimum Gasteiger partial charge on any atom is -0.268 e. The molecule has 0 saturated carbocycles. The van der Waals surface area contributed by atoms with Gasteiger partial charge < -0.3 is 0 Å². The molecule has 138 valence electrons. The summed E-state index contributed by atoms with van der Waals surface area (Å²) in [6.45, 7) is 0.121. The van der Waals surface area contributed by atoms with Gasteiger partial charge in [-0.05, 0) is 41.6 Å². The van der Waals surface area contributed by atoms with E-state index in [9.17, 15) is 19.7 Å². The number of thioether (sulfide) groups is 1. The van der Waals surface area contributed by atoms with Crippen LogP contribution in [0.15, 0.2) is 45.8 Å². The summed E-state index contributed by atoms with van der Waals surface area (Å²) in [5, 5.41) is 10.7. The number of nitro benzene ring substituents is 1. The van der Waals surface area contributed by atoms with Crippen molar-refractivity contribution in [3.05, 3.63) is 77.1 Å². The molecule has 1 heterocycles. The zero-order valence-corrected chi connectivity index (χ0v) is 17.2. The Kier molecular flexibility index (Phi) is 5.90. The highest BCUT2D eigenvalue weighted by Gasteiger charge is 2.35. The third-order valence-corrected chi connectivity index (χ3v) is 5.68. The van der Waals surface area contributed by atoms with Crippen molar-refractivity contribution in [3.63, 3.8) is 0 Å². The van der Waals surface area contributed by atoms with Crippen molar-refractivity contribution in [2.75, 3.05) is 0 Å². The normalized spacial score (nSPS) is 15.7. The first-order valence-corrected chi connectivity index (χ1v) is 9.76. The number of amides is 2. The highest BCUT2D eigenvalue weighted by molar-refractivity contribution is 9.10. The average Bonchev–Trinajstić information content (AvgIpc) is 2.84. The number of benzene rings is 2. The van der Waals surface area contributed by atoms with E-state index in [0.717, 1.165) is 26.7 Å². The molecular weight excluding hydrogens is 479 g/mol. The van der Waals surface area contributed by atoms with Gasteiger partial charge in [-0.2, -0.15) is 0 Å². The molecule has 2 aromatic rings. The van der Waals surface area contributed by atoms with E-state index in [1.807, 2.05) is 12.1 Å². The van der Waals surface area contributed by atoms with Crippen LogP contribution in [0.3, 0.4) is 0 Å². The zero-order chi connectivity index (χ0) is 19.7. The van der Waals surface area contributed by atoms with Crippen molar-refractivity contribution in [1.29, 1.82) is 0 Å². The molecule has 0 unspecified atom stereocenters. The summed E-state index contributed by atoms with van der Waals surface area (Å²) in [5.74, 6) is -0.487. The molecule has 10 heteroatoms. The fraction of sp³-hybridized carbons (Fsp3) is 0.0588. The monoisotopic (exact) mass is 486 g/mol. The summed E-state index contributed by atoms with van der Waals surface area (Å²) in [7, 11) is 0. The van der Waals surface area contributed by atoms with Crippen LogP contribution < -0.4 is 0 Å². The van der Waals surface area contributed by atoms with Gasteiger partial charge in [-0.15, -0.1) is 0 Å². The SMILES string of the molecule is O=C1S/C(=C\c2cc([N+](=O)[O-])c(Cl)cc2Cl)C(=O)N1Cc1cccc(Br)c1. The number of nitrogens with zero attached hydrogens (tertiary/aromatic N) is 2. The molecule has 0 aromatic heterocycles. The van der Waals surface area contributed by atoms with Crippen molar-refractivity contribution in [3.8, 4) is 0 Å². The van der Waals surface area contributed by atoms with Gasteiger partial charge in [0.25, 0.3) is 16.8 Å². The minimum atomic E-state index is -0.644. The van der Waals surface area contributed by atoms with Gasteiger partial charge in [-0.25, -0.2) is 0 Å². The summed E-state index contributed by atoms with van der Waals surface area (Å²) >= 11 is 16.0. The Hall–Kier alpha value is -1.87. The molecule has 0 bridgehead atoms.